The van der Waals surface area contributed by atoms with Gasteiger partial charge in [-0.1, -0.05) is 19.1 Å². The minimum Gasteiger partial charge on any atom is -0.424 e. The molecule has 0 aromatic carbocycles. The third kappa shape index (κ3) is 5.28. The fourth-order valence-electron chi connectivity index (χ4n) is 1.93. The summed E-state index contributed by atoms with van der Waals surface area (Å²) in [6.45, 7) is 3.20. The van der Waals surface area contributed by atoms with Crippen molar-refractivity contribution in [1.29, 1.82) is 0 Å². The number of aliphatic hydroxyl groups excluding tert-OH is 2. The van der Waals surface area contributed by atoms with Crippen LogP contribution in [-0.2, 0) is 18.0 Å². The molecule has 0 fully saturated rings. The third-order valence-electron chi connectivity index (χ3n) is 3.10. The molecule has 0 aliphatic rings. The summed E-state index contributed by atoms with van der Waals surface area (Å²) in [5, 5.41) is 18.6. The molecule has 1 aromatic heterocycles. The first kappa shape index (κ1) is 17.3. The summed E-state index contributed by atoms with van der Waals surface area (Å²) in [7, 11) is 0. The summed E-state index contributed by atoms with van der Waals surface area (Å²) in [5.41, 5.74) is 1.41. The molecule has 1 rings (SSSR count). The maximum absolute atomic E-state index is 11.8. The van der Waals surface area contributed by atoms with Crippen LogP contribution in [0.1, 0.15) is 49.4 Å². The first-order valence-electron chi connectivity index (χ1n) is 7.18. The lowest BCUT2D eigenvalue weighted by Crippen LogP contribution is -2.12. The highest BCUT2D eigenvalue weighted by Crippen LogP contribution is 2.26. The van der Waals surface area contributed by atoms with Gasteiger partial charge in [-0.25, -0.2) is 0 Å². The Morgan fingerprint density at radius 2 is 2.10 bits per heavy atom. The lowest BCUT2D eigenvalue weighted by Gasteiger charge is -2.13. The van der Waals surface area contributed by atoms with Crippen molar-refractivity contribution in [3.8, 4) is 5.75 Å². The Labute approximate surface area is 125 Å². The number of hydrogen-bond acceptors (Lipinski definition) is 5. The van der Waals surface area contributed by atoms with Crippen LogP contribution in [0.3, 0.4) is 0 Å². The van der Waals surface area contributed by atoms with Crippen LogP contribution in [0.25, 0.3) is 0 Å². The molecule has 0 radical (unpaired) electrons. The van der Waals surface area contributed by atoms with E-state index in [0.29, 0.717) is 23.2 Å². The Morgan fingerprint density at radius 3 is 2.71 bits per heavy atom. The van der Waals surface area contributed by atoms with Crippen molar-refractivity contribution < 1.29 is 19.7 Å². The second-order valence-corrected chi connectivity index (χ2v) is 4.74. The van der Waals surface area contributed by atoms with Crippen LogP contribution >= 0.6 is 0 Å². The van der Waals surface area contributed by atoms with Crippen LogP contribution in [0.2, 0.25) is 0 Å². The number of rotatable bonds is 8. The van der Waals surface area contributed by atoms with Crippen LogP contribution < -0.4 is 4.74 Å². The molecule has 0 unspecified atom stereocenters. The van der Waals surface area contributed by atoms with E-state index in [4.69, 9.17) is 4.74 Å². The smallest absolute Gasteiger partial charge is 0.311 e. The predicted molar refractivity (Wildman–Crippen MR) is 79.7 cm³/mol. The van der Waals surface area contributed by atoms with E-state index in [-0.39, 0.29) is 24.9 Å². The largest absolute Gasteiger partial charge is 0.424 e. The number of hydrogen-bond donors (Lipinski definition) is 2. The minimum absolute atomic E-state index is 0.254. The molecule has 21 heavy (non-hydrogen) atoms. The molecule has 0 spiro atoms. The number of pyridine rings is 1. The van der Waals surface area contributed by atoms with E-state index < -0.39 is 0 Å². The van der Waals surface area contributed by atoms with Gasteiger partial charge in [0.2, 0.25) is 0 Å². The number of carbonyl (C=O) groups is 1. The molecule has 0 bridgehead atoms. The Hall–Kier alpha value is -1.72. The van der Waals surface area contributed by atoms with Gasteiger partial charge in [0.15, 0.2) is 5.75 Å². The quantitative estimate of drug-likeness (QED) is 0.437. The molecular weight excluding hydrogens is 270 g/mol. The van der Waals surface area contributed by atoms with Crippen LogP contribution in [0, 0.1) is 6.92 Å². The second-order valence-electron chi connectivity index (χ2n) is 4.74. The fourth-order valence-corrected chi connectivity index (χ4v) is 1.93. The van der Waals surface area contributed by atoms with Gasteiger partial charge in [-0.2, -0.15) is 0 Å². The molecule has 1 aromatic rings. The maximum Gasteiger partial charge on any atom is 0.311 e. The van der Waals surface area contributed by atoms with Crippen molar-refractivity contribution in [2.45, 2.75) is 52.7 Å². The van der Waals surface area contributed by atoms with Gasteiger partial charge in [0, 0.05) is 23.7 Å². The van der Waals surface area contributed by atoms with E-state index in [1.807, 2.05) is 6.08 Å². The van der Waals surface area contributed by atoms with Crippen LogP contribution in [-0.4, -0.2) is 21.2 Å². The monoisotopic (exact) mass is 293 g/mol. The van der Waals surface area contributed by atoms with E-state index in [1.165, 1.54) is 6.20 Å². The Balaban J connectivity index is 2.69. The Kier molecular flexibility index (Phi) is 7.64. The van der Waals surface area contributed by atoms with Crippen molar-refractivity contribution in [3.05, 3.63) is 35.2 Å². The highest BCUT2D eigenvalue weighted by Gasteiger charge is 2.16. The van der Waals surface area contributed by atoms with Gasteiger partial charge in [-0.15, -0.1) is 0 Å². The number of aliphatic hydroxyl groups is 2. The highest BCUT2D eigenvalue weighted by molar-refractivity contribution is 5.73. The van der Waals surface area contributed by atoms with E-state index in [0.717, 1.165) is 19.3 Å². The van der Waals surface area contributed by atoms with Gasteiger partial charge in [0.05, 0.1) is 18.9 Å². The number of nitrogens with zero attached hydrogens (tertiary/aromatic N) is 1. The normalized spacial score (nSPS) is 11.0. The highest BCUT2D eigenvalue weighted by atomic mass is 16.5. The minimum atomic E-state index is -0.352. The van der Waals surface area contributed by atoms with Crippen molar-refractivity contribution in [3.63, 3.8) is 0 Å². The van der Waals surface area contributed by atoms with Crippen molar-refractivity contribution in [2.24, 2.45) is 0 Å². The lowest BCUT2D eigenvalue weighted by atomic mass is 10.1. The van der Waals surface area contributed by atoms with Gasteiger partial charge >= 0.3 is 5.97 Å². The zero-order valence-corrected chi connectivity index (χ0v) is 12.6. The topological polar surface area (TPSA) is 79.7 Å². The number of allylic oxidation sites excluding steroid dienone is 2. The summed E-state index contributed by atoms with van der Waals surface area (Å²) >= 11 is 0. The standard InChI is InChI=1S/C16H23NO4/c1-3-4-5-6-7-8-15(20)21-16-12(2)17-9-13(10-18)14(16)11-19/h4-5,9,18-19H,3,6-8,10-11H2,1-2H3/b5-4-. The fraction of sp³-hybridized carbons (Fsp3) is 0.500. The first-order valence-corrected chi connectivity index (χ1v) is 7.18. The van der Waals surface area contributed by atoms with Crippen LogP contribution in [0.4, 0.5) is 0 Å². The number of ether oxygens (including phenoxy) is 1. The van der Waals surface area contributed by atoms with Gasteiger partial charge in [-0.05, 0) is 26.2 Å². The molecule has 0 atom stereocenters. The Bertz CT molecular complexity index is 497. The molecule has 0 saturated carbocycles. The zero-order valence-electron chi connectivity index (χ0n) is 12.6. The lowest BCUT2D eigenvalue weighted by molar-refractivity contribution is -0.134. The number of unbranched alkanes of at least 4 members (excludes halogenated alkanes) is 1. The molecule has 0 saturated heterocycles. The molecule has 0 aliphatic heterocycles. The summed E-state index contributed by atoms with van der Waals surface area (Å²) in [4.78, 5) is 15.9. The molecule has 116 valence electrons. The van der Waals surface area contributed by atoms with E-state index in [1.54, 1.807) is 6.92 Å². The molecule has 2 N–H and O–H groups in total. The number of aromatic nitrogens is 1. The molecule has 0 aliphatic carbocycles. The van der Waals surface area contributed by atoms with Crippen LogP contribution in [0.5, 0.6) is 5.75 Å². The SMILES string of the molecule is CC/C=C\CCCC(=O)Oc1c(C)ncc(CO)c1CO. The number of carbonyl (C=O) groups excluding carboxylic acids is 1. The van der Waals surface area contributed by atoms with Crippen molar-refractivity contribution in [2.75, 3.05) is 0 Å². The number of aryl methyl sites for hydroxylation is 1. The maximum atomic E-state index is 11.8. The number of esters is 1. The summed E-state index contributed by atoms with van der Waals surface area (Å²) in [6.07, 6.45) is 8.44. The molecular formula is C16H23NO4. The van der Waals surface area contributed by atoms with Crippen molar-refractivity contribution in [1.82, 2.24) is 4.98 Å². The second kappa shape index (κ2) is 9.26. The van der Waals surface area contributed by atoms with E-state index >= 15 is 0 Å². The first-order chi connectivity index (χ1) is 10.1. The summed E-state index contributed by atoms with van der Waals surface area (Å²) in [6, 6.07) is 0. The van der Waals surface area contributed by atoms with E-state index in [9.17, 15) is 15.0 Å². The van der Waals surface area contributed by atoms with Crippen LogP contribution in [0.15, 0.2) is 18.3 Å². The molecule has 0 amide bonds. The third-order valence-corrected chi connectivity index (χ3v) is 3.10. The zero-order chi connectivity index (χ0) is 15.7. The predicted octanol–water partition coefficient (Wildman–Crippen LogP) is 2.42. The van der Waals surface area contributed by atoms with E-state index in [2.05, 4.69) is 18.0 Å². The van der Waals surface area contributed by atoms with Crippen molar-refractivity contribution >= 4 is 5.97 Å². The summed E-state index contributed by atoms with van der Waals surface area (Å²) < 4.78 is 5.32. The van der Waals surface area contributed by atoms with Gasteiger partial charge in [0.1, 0.15) is 0 Å². The van der Waals surface area contributed by atoms with Gasteiger partial charge in [-0.3, -0.25) is 9.78 Å². The summed E-state index contributed by atoms with van der Waals surface area (Å²) in [5.74, 6) is -0.0901. The molecule has 5 heteroatoms. The average molecular weight is 293 g/mol. The van der Waals surface area contributed by atoms with Gasteiger partial charge < -0.3 is 14.9 Å². The average Bonchev–Trinajstić information content (AvgIpc) is 2.48. The van der Waals surface area contributed by atoms with Gasteiger partial charge in [0.25, 0.3) is 0 Å². The molecule has 5 nitrogen and oxygen atoms in total. The molecule has 1 heterocycles. The Morgan fingerprint density at radius 1 is 1.33 bits per heavy atom.